The number of rotatable bonds is 6. The number of aromatic amines is 1. The van der Waals surface area contributed by atoms with Gasteiger partial charge >= 0.3 is 0 Å². The Balaban J connectivity index is 1.48. The first-order valence-electron chi connectivity index (χ1n) is 10.2. The van der Waals surface area contributed by atoms with Crippen molar-refractivity contribution in [2.24, 2.45) is 5.92 Å². The topological polar surface area (TPSA) is 37.9 Å². The second-order valence-corrected chi connectivity index (χ2v) is 8.44. The van der Waals surface area contributed by atoms with E-state index < -0.39 is 0 Å². The molecule has 0 aliphatic heterocycles. The molecular weight excluding hydrogens is 368 g/mol. The molecule has 0 amide bonds. The minimum Gasteiger partial charge on any atom is -0.489 e. The van der Waals surface area contributed by atoms with Crippen LogP contribution in [0.4, 0.5) is 0 Å². The molecule has 3 nitrogen and oxygen atoms in total. The normalized spacial score (nSPS) is 14.7. The van der Waals surface area contributed by atoms with Crippen molar-refractivity contribution < 1.29 is 4.74 Å². The van der Waals surface area contributed by atoms with Gasteiger partial charge in [0.15, 0.2) is 0 Å². The highest BCUT2D eigenvalue weighted by molar-refractivity contribution is 6.32. The number of nitrogens with zero attached hydrogens (tertiary/aromatic N) is 1. The number of benzene rings is 2. The van der Waals surface area contributed by atoms with Crippen molar-refractivity contribution in [3.05, 3.63) is 59.1 Å². The van der Waals surface area contributed by atoms with E-state index in [9.17, 15) is 0 Å². The van der Waals surface area contributed by atoms with Gasteiger partial charge < -0.3 is 4.74 Å². The number of aromatic nitrogens is 2. The van der Waals surface area contributed by atoms with Gasteiger partial charge in [-0.3, -0.25) is 5.10 Å². The fourth-order valence-corrected chi connectivity index (χ4v) is 4.22. The molecule has 1 aliphatic carbocycles. The molecule has 0 atom stereocenters. The number of nitrogens with one attached hydrogen (secondary N) is 1. The number of halogens is 1. The summed E-state index contributed by atoms with van der Waals surface area (Å²) in [4.78, 5) is 0. The summed E-state index contributed by atoms with van der Waals surface area (Å²) >= 11 is 6.37. The average Bonchev–Trinajstić information content (AvgIpc) is 3.36. The van der Waals surface area contributed by atoms with Gasteiger partial charge in [-0.05, 0) is 61.6 Å². The van der Waals surface area contributed by atoms with Gasteiger partial charge in [-0.2, -0.15) is 5.10 Å². The maximum absolute atomic E-state index is 6.37. The van der Waals surface area contributed by atoms with Crippen LogP contribution >= 0.6 is 11.6 Å². The van der Waals surface area contributed by atoms with E-state index in [-0.39, 0.29) is 6.10 Å². The molecule has 0 saturated heterocycles. The Hall–Kier alpha value is -2.26. The van der Waals surface area contributed by atoms with Crippen LogP contribution in [0.25, 0.3) is 22.5 Å². The first-order valence-corrected chi connectivity index (χ1v) is 10.6. The molecule has 0 radical (unpaired) electrons. The van der Waals surface area contributed by atoms with Crippen LogP contribution in [0.2, 0.25) is 5.02 Å². The molecule has 1 aromatic heterocycles. The zero-order valence-electron chi connectivity index (χ0n) is 16.5. The van der Waals surface area contributed by atoms with E-state index in [1.165, 1.54) is 37.7 Å². The molecule has 2 aromatic carbocycles. The highest BCUT2D eigenvalue weighted by Crippen LogP contribution is 2.32. The molecular formula is C24H27ClN2O. The molecule has 4 heteroatoms. The molecule has 28 heavy (non-hydrogen) atoms. The first-order chi connectivity index (χ1) is 13.6. The monoisotopic (exact) mass is 394 g/mol. The molecule has 146 valence electrons. The number of hydrogen-bond donors (Lipinski definition) is 1. The Bertz CT molecular complexity index is 924. The summed E-state index contributed by atoms with van der Waals surface area (Å²) in [6.07, 6.45) is 6.86. The van der Waals surface area contributed by atoms with Crippen molar-refractivity contribution in [3.8, 4) is 28.3 Å². The lowest BCUT2D eigenvalue weighted by Gasteiger charge is -2.11. The van der Waals surface area contributed by atoms with Gasteiger partial charge in [-0.15, -0.1) is 0 Å². The van der Waals surface area contributed by atoms with Crippen LogP contribution in [-0.2, 0) is 6.42 Å². The summed E-state index contributed by atoms with van der Waals surface area (Å²) in [6.45, 7) is 3.98. The molecule has 1 fully saturated rings. The maximum atomic E-state index is 6.37. The largest absolute Gasteiger partial charge is 0.489 e. The summed E-state index contributed by atoms with van der Waals surface area (Å²) in [7, 11) is 0. The molecule has 0 bridgehead atoms. The Kier molecular flexibility index (Phi) is 5.72. The summed E-state index contributed by atoms with van der Waals surface area (Å²) in [5, 5.41) is 8.23. The number of H-pyrrole nitrogens is 1. The van der Waals surface area contributed by atoms with E-state index >= 15 is 0 Å². The van der Waals surface area contributed by atoms with Gasteiger partial charge in [-0.25, -0.2) is 0 Å². The molecule has 0 unspecified atom stereocenters. The van der Waals surface area contributed by atoms with Crippen molar-refractivity contribution in [1.82, 2.24) is 10.2 Å². The second-order valence-electron chi connectivity index (χ2n) is 8.03. The molecule has 1 N–H and O–H groups in total. The van der Waals surface area contributed by atoms with Crippen LogP contribution in [0.5, 0.6) is 5.75 Å². The van der Waals surface area contributed by atoms with E-state index in [0.717, 1.165) is 28.4 Å². The zero-order valence-corrected chi connectivity index (χ0v) is 17.3. The van der Waals surface area contributed by atoms with Gasteiger partial charge in [0, 0.05) is 5.56 Å². The quantitative estimate of drug-likeness (QED) is 0.492. The van der Waals surface area contributed by atoms with Gasteiger partial charge in [0.1, 0.15) is 5.75 Å². The van der Waals surface area contributed by atoms with Crippen molar-refractivity contribution in [1.29, 1.82) is 0 Å². The van der Waals surface area contributed by atoms with Gasteiger partial charge in [-0.1, -0.05) is 61.5 Å². The zero-order chi connectivity index (χ0) is 19.5. The van der Waals surface area contributed by atoms with Crippen LogP contribution < -0.4 is 4.74 Å². The molecule has 3 aromatic rings. The molecule has 0 spiro atoms. The van der Waals surface area contributed by atoms with Crippen LogP contribution in [0.3, 0.4) is 0 Å². The molecule has 4 rings (SSSR count). The standard InChI is InChI=1S/C24H27ClN2O/c1-16(2)28-24-12-11-20(14-21(24)25)23-15-22(26-27-23)19-9-7-18(8-10-19)13-17-5-3-4-6-17/h7-12,14-17H,3-6,13H2,1-2H3,(H,26,27). The Morgan fingerprint density at radius 3 is 2.43 bits per heavy atom. The second kappa shape index (κ2) is 8.40. The lowest BCUT2D eigenvalue weighted by Crippen LogP contribution is -2.05. The first kappa shape index (κ1) is 19.1. The van der Waals surface area contributed by atoms with Crippen LogP contribution in [0.15, 0.2) is 48.5 Å². The predicted octanol–water partition coefficient (Wildman–Crippen LogP) is 6.92. The lowest BCUT2D eigenvalue weighted by molar-refractivity contribution is 0.242. The van der Waals surface area contributed by atoms with E-state index in [1.54, 1.807) is 0 Å². The highest BCUT2D eigenvalue weighted by Gasteiger charge is 2.15. The number of ether oxygens (including phenoxy) is 1. The van der Waals surface area contributed by atoms with E-state index in [4.69, 9.17) is 16.3 Å². The third-order valence-corrected chi connectivity index (χ3v) is 5.73. The number of hydrogen-bond acceptors (Lipinski definition) is 2. The Morgan fingerprint density at radius 1 is 1.04 bits per heavy atom. The van der Waals surface area contributed by atoms with Gasteiger partial charge in [0.25, 0.3) is 0 Å². The molecule has 1 saturated carbocycles. The van der Waals surface area contributed by atoms with Gasteiger partial charge in [0.2, 0.25) is 0 Å². The van der Waals surface area contributed by atoms with Crippen LogP contribution in [0, 0.1) is 5.92 Å². The third kappa shape index (κ3) is 4.41. The summed E-state index contributed by atoms with van der Waals surface area (Å²) < 4.78 is 5.71. The van der Waals surface area contributed by atoms with E-state index in [0.29, 0.717) is 10.8 Å². The van der Waals surface area contributed by atoms with Crippen molar-refractivity contribution in [2.75, 3.05) is 0 Å². The smallest absolute Gasteiger partial charge is 0.138 e. The minimum atomic E-state index is 0.0944. The molecule has 1 heterocycles. The highest BCUT2D eigenvalue weighted by atomic mass is 35.5. The van der Waals surface area contributed by atoms with E-state index in [2.05, 4.69) is 40.5 Å². The SMILES string of the molecule is CC(C)Oc1ccc(-c2cc(-c3ccc(CC4CCCC4)cc3)[nH]n2)cc1Cl. The third-order valence-electron chi connectivity index (χ3n) is 5.43. The van der Waals surface area contributed by atoms with Gasteiger partial charge in [0.05, 0.1) is 22.5 Å². The summed E-state index contributed by atoms with van der Waals surface area (Å²) in [5.74, 6) is 1.58. The maximum Gasteiger partial charge on any atom is 0.138 e. The fraction of sp³-hybridized carbons (Fsp3) is 0.375. The summed E-state index contributed by atoms with van der Waals surface area (Å²) in [5.41, 5.74) is 5.45. The lowest BCUT2D eigenvalue weighted by atomic mass is 9.97. The Labute approximate surface area is 172 Å². The van der Waals surface area contributed by atoms with Crippen LogP contribution in [-0.4, -0.2) is 16.3 Å². The van der Waals surface area contributed by atoms with Crippen molar-refractivity contribution >= 4 is 11.6 Å². The minimum absolute atomic E-state index is 0.0944. The Morgan fingerprint density at radius 2 is 1.75 bits per heavy atom. The predicted molar refractivity (Wildman–Crippen MR) is 116 cm³/mol. The molecule has 1 aliphatic rings. The van der Waals surface area contributed by atoms with Crippen LogP contribution in [0.1, 0.15) is 45.1 Å². The van der Waals surface area contributed by atoms with Crippen molar-refractivity contribution in [3.63, 3.8) is 0 Å². The summed E-state index contributed by atoms with van der Waals surface area (Å²) in [6, 6.07) is 16.8. The van der Waals surface area contributed by atoms with E-state index in [1.807, 2.05) is 32.0 Å². The fourth-order valence-electron chi connectivity index (χ4n) is 4.00. The van der Waals surface area contributed by atoms with Crippen molar-refractivity contribution in [2.45, 2.75) is 52.1 Å². The average molecular weight is 395 g/mol.